The first-order valence-corrected chi connectivity index (χ1v) is 12.7. The highest BCUT2D eigenvalue weighted by molar-refractivity contribution is 7.94. The fraction of sp³-hybridized carbons (Fsp3) is 0.429. The summed E-state index contributed by atoms with van der Waals surface area (Å²) in [5.74, 6) is -0.0396. The lowest BCUT2D eigenvalue weighted by atomic mass is 9.78. The van der Waals surface area contributed by atoms with Gasteiger partial charge in [0.15, 0.2) is 6.61 Å². The Morgan fingerprint density at radius 3 is 2.48 bits per heavy atom. The van der Waals surface area contributed by atoms with Crippen molar-refractivity contribution < 1.29 is 22.7 Å². The van der Waals surface area contributed by atoms with E-state index < -0.39 is 16.0 Å². The van der Waals surface area contributed by atoms with E-state index in [0.717, 1.165) is 30.6 Å². The van der Waals surface area contributed by atoms with Gasteiger partial charge in [0.2, 0.25) is 0 Å². The molecular weight excluding hydrogens is 460 g/mol. The highest BCUT2D eigenvalue weighted by Gasteiger charge is 2.28. The van der Waals surface area contributed by atoms with E-state index in [1.165, 1.54) is 36.4 Å². The number of amides is 1. The van der Waals surface area contributed by atoms with E-state index >= 15 is 0 Å². The summed E-state index contributed by atoms with van der Waals surface area (Å²) < 4.78 is 32.6. The molecule has 1 fully saturated rings. The monoisotopic (exact) mass is 484 g/mol. The second-order valence-electron chi connectivity index (χ2n) is 7.76. The van der Waals surface area contributed by atoms with Crippen LogP contribution in [0.25, 0.3) is 0 Å². The minimum absolute atomic E-state index is 0.0914. The number of esters is 1. The van der Waals surface area contributed by atoms with Gasteiger partial charge in [-0.3, -0.25) is 9.52 Å². The van der Waals surface area contributed by atoms with E-state index in [-0.39, 0.29) is 28.3 Å². The van der Waals surface area contributed by atoms with Gasteiger partial charge in [-0.25, -0.2) is 13.2 Å². The molecule has 0 radical (unpaired) electrons. The van der Waals surface area contributed by atoms with E-state index in [1.807, 2.05) is 0 Å². The van der Waals surface area contributed by atoms with Crippen molar-refractivity contribution in [3.8, 4) is 0 Å². The molecule has 0 bridgehead atoms. The Bertz CT molecular complexity index is 1040. The van der Waals surface area contributed by atoms with Crippen molar-refractivity contribution in [1.82, 2.24) is 5.32 Å². The minimum Gasteiger partial charge on any atom is -0.452 e. The average Bonchev–Trinajstić information content (AvgIpc) is 3.17. The van der Waals surface area contributed by atoms with Crippen LogP contribution in [-0.2, 0) is 19.6 Å². The molecule has 1 aliphatic rings. The number of hydrogen-bond donors (Lipinski definition) is 2. The number of halogens is 1. The standard InChI is InChI=1S/C21H25ClN2O5S2/c1-13-4-3-5-17(14(13)2)23-19(25)12-29-21(26)15-6-8-16(9-7-15)24-31(27,28)20-11-10-18(22)30-20/h6-11,13-14,17,24H,3-5,12H2,1-2H3,(H,23,25). The zero-order valence-corrected chi connectivity index (χ0v) is 19.6. The summed E-state index contributed by atoms with van der Waals surface area (Å²) in [6.45, 7) is 3.95. The van der Waals surface area contributed by atoms with Gasteiger partial charge in [0.25, 0.3) is 15.9 Å². The number of nitrogens with one attached hydrogen (secondary N) is 2. The predicted octanol–water partition coefficient (Wildman–Crippen LogP) is 4.30. The smallest absolute Gasteiger partial charge is 0.338 e. The first-order chi connectivity index (χ1) is 14.7. The van der Waals surface area contributed by atoms with Gasteiger partial charge < -0.3 is 10.1 Å². The molecule has 1 amide bonds. The van der Waals surface area contributed by atoms with Gasteiger partial charge in [0.05, 0.1) is 9.90 Å². The summed E-state index contributed by atoms with van der Waals surface area (Å²) >= 11 is 6.74. The molecule has 1 heterocycles. The summed E-state index contributed by atoms with van der Waals surface area (Å²) in [5.41, 5.74) is 0.508. The lowest BCUT2D eigenvalue weighted by molar-refractivity contribution is -0.125. The molecule has 0 aliphatic heterocycles. The third-order valence-electron chi connectivity index (χ3n) is 5.57. The van der Waals surface area contributed by atoms with E-state index in [0.29, 0.717) is 21.9 Å². The Labute approximate surface area is 191 Å². The molecule has 3 rings (SSSR count). The second-order valence-corrected chi connectivity index (χ2v) is 11.4. The second kappa shape index (κ2) is 10.0. The van der Waals surface area contributed by atoms with Crippen LogP contribution in [0, 0.1) is 11.8 Å². The van der Waals surface area contributed by atoms with E-state index in [2.05, 4.69) is 23.9 Å². The van der Waals surface area contributed by atoms with Crippen LogP contribution in [-0.4, -0.2) is 32.9 Å². The highest BCUT2D eigenvalue weighted by Crippen LogP contribution is 2.29. The maximum atomic E-state index is 12.3. The quantitative estimate of drug-likeness (QED) is 0.570. The number of ether oxygens (including phenoxy) is 1. The van der Waals surface area contributed by atoms with Gasteiger partial charge in [-0.1, -0.05) is 38.3 Å². The molecule has 3 unspecified atom stereocenters. The van der Waals surface area contributed by atoms with Crippen LogP contribution in [0.2, 0.25) is 4.34 Å². The van der Waals surface area contributed by atoms with Crippen LogP contribution in [0.1, 0.15) is 43.5 Å². The zero-order chi connectivity index (χ0) is 22.6. The number of thiophene rings is 1. The molecule has 0 saturated heterocycles. The maximum Gasteiger partial charge on any atom is 0.338 e. The van der Waals surface area contributed by atoms with E-state index in [4.69, 9.17) is 16.3 Å². The van der Waals surface area contributed by atoms with E-state index in [1.54, 1.807) is 0 Å². The van der Waals surface area contributed by atoms with Gasteiger partial charge in [-0.05, 0) is 54.7 Å². The fourth-order valence-electron chi connectivity index (χ4n) is 3.57. The van der Waals surface area contributed by atoms with Crippen molar-refractivity contribution >= 4 is 50.5 Å². The number of sulfonamides is 1. The van der Waals surface area contributed by atoms with Crippen molar-refractivity contribution in [3.63, 3.8) is 0 Å². The lowest BCUT2D eigenvalue weighted by Gasteiger charge is -2.34. The van der Waals surface area contributed by atoms with Crippen molar-refractivity contribution in [2.45, 2.75) is 43.4 Å². The first kappa shape index (κ1) is 23.6. The van der Waals surface area contributed by atoms with Crippen molar-refractivity contribution in [3.05, 3.63) is 46.3 Å². The van der Waals surface area contributed by atoms with Gasteiger partial charge in [-0.15, -0.1) is 11.3 Å². The highest BCUT2D eigenvalue weighted by atomic mass is 35.5. The number of benzene rings is 1. The van der Waals surface area contributed by atoms with Crippen LogP contribution in [0.4, 0.5) is 5.69 Å². The molecule has 3 atom stereocenters. The van der Waals surface area contributed by atoms with Crippen molar-refractivity contribution in [1.29, 1.82) is 0 Å². The molecule has 1 aliphatic carbocycles. The molecule has 2 N–H and O–H groups in total. The van der Waals surface area contributed by atoms with Gasteiger partial charge >= 0.3 is 5.97 Å². The molecule has 1 aromatic heterocycles. The van der Waals surface area contributed by atoms with Crippen LogP contribution < -0.4 is 10.0 Å². The summed E-state index contributed by atoms with van der Waals surface area (Å²) in [7, 11) is -3.75. The minimum atomic E-state index is -3.75. The summed E-state index contributed by atoms with van der Waals surface area (Å²) in [6, 6.07) is 8.80. The topological polar surface area (TPSA) is 102 Å². The zero-order valence-electron chi connectivity index (χ0n) is 17.3. The Hall–Kier alpha value is -2.10. The van der Waals surface area contributed by atoms with Crippen LogP contribution in [0.3, 0.4) is 0 Å². The molecule has 1 saturated carbocycles. The van der Waals surface area contributed by atoms with Crippen LogP contribution in [0.5, 0.6) is 0 Å². The molecule has 1 aromatic carbocycles. The van der Waals surface area contributed by atoms with Crippen molar-refractivity contribution in [2.75, 3.05) is 11.3 Å². The maximum absolute atomic E-state index is 12.3. The first-order valence-electron chi connectivity index (χ1n) is 10.0. The fourth-order valence-corrected chi connectivity index (χ4v) is 6.11. The number of hydrogen-bond acceptors (Lipinski definition) is 6. The number of rotatable bonds is 7. The Balaban J connectivity index is 1.51. The third-order valence-corrected chi connectivity index (χ3v) is 8.68. The molecule has 0 spiro atoms. The number of carbonyl (C=O) groups is 2. The van der Waals surface area contributed by atoms with Gasteiger partial charge in [0, 0.05) is 11.7 Å². The molecular formula is C21H25ClN2O5S2. The summed E-state index contributed by atoms with van der Waals surface area (Å²) in [5, 5.41) is 2.96. The van der Waals surface area contributed by atoms with Gasteiger partial charge in [-0.2, -0.15) is 0 Å². The van der Waals surface area contributed by atoms with Crippen LogP contribution >= 0.6 is 22.9 Å². The van der Waals surface area contributed by atoms with Gasteiger partial charge in [0.1, 0.15) is 4.21 Å². The normalized spacial score (nSPS) is 21.3. The third kappa shape index (κ3) is 6.21. The molecule has 31 heavy (non-hydrogen) atoms. The summed E-state index contributed by atoms with van der Waals surface area (Å²) in [4.78, 5) is 24.4. The average molecular weight is 485 g/mol. The number of carbonyl (C=O) groups excluding carboxylic acids is 2. The Morgan fingerprint density at radius 1 is 1.13 bits per heavy atom. The summed E-state index contributed by atoms with van der Waals surface area (Å²) in [6.07, 6.45) is 3.17. The number of anilines is 1. The lowest BCUT2D eigenvalue weighted by Crippen LogP contribution is -2.45. The van der Waals surface area contributed by atoms with Crippen LogP contribution in [0.15, 0.2) is 40.6 Å². The SMILES string of the molecule is CC1CCCC(NC(=O)COC(=O)c2ccc(NS(=O)(=O)c3ccc(Cl)s3)cc2)C1C. The Kier molecular flexibility index (Phi) is 7.61. The molecule has 7 nitrogen and oxygen atoms in total. The molecule has 168 valence electrons. The van der Waals surface area contributed by atoms with E-state index in [9.17, 15) is 18.0 Å². The predicted molar refractivity (Wildman–Crippen MR) is 121 cm³/mol. The van der Waals surface area contributed by atoms with Crippen molar-refractivity contribution in [2.24, 2.45) is 11.8 Å². The largest absolute Gasteiger partial charge is 0.452 e. The molecule has 10 heteroatoms. The Morgan fingerprint density at radius 2 is 1.84 bits per heavy atom. The molecule has 2 aromatic rings.